The summed E-state index contributed by atoms with van der Waals surface area (Å²) < 4.78 is 1.67. The van der Waals surface area contributed by atoms with Crippen LogP contribution in [0.3, 0.4) is 0 Å². The van der Waals surface area contributed by atoms with E-state index in [9.17, 15) is 9.59 Å². The Morgan fingerprint density at radius 3 is 2.11 bits per heavy atom. The maximum atomic E-state index is 11.9. The normalized spacial score (nSPS) is 10.4. The van der Waals surface area contributed by atoms with Gasteiger partial charge in [-0.15, -0.1) is 0 Å². The fourth-order valence-corrected chi connectivity index (χ4v) is 2.65. The van der Waals surface area contributed by atoms with Crippen LogP contribution >= 0.6 is 31.9 Å². The van der Waals surface area contributed by atoms with Crippen LogP contribution in [0.4, 0.5) is 0 Å². The maximum Gasteiger partial charge on any atom is 0.251 e. The Morgan fingerprint density at radius 2 is 1.58 bits per heavy atom. The Balaban J connectivity index is 2.41. The van der Waals surface area contributed by atoms with E-state index >= 15 is 0 Å². The molecule has 0 atom stereocenters. The van der Waals surface area contributed by atoms with Gasteiger partial charge >= 0.3 is 0 Å². The molecule has 2 amide bonds. The van der Waals surface area contributed by atoms with Crippen molar-refractivity contribution in [3.63, 3.8) is 0 Å². The Morgan fingerprint density at radius 1 is 1.05 bits per heavy atom. The lowest BCUT2D eigenvalue weighted by Gasteiger charge is -2.09. The van der Waals surface area contributed by atoms with Crippen LogP contribution in [-0.2, 0) is 4.79 Å². The smallest absolute Gasteiger partial charge is 0.251 e. The van der Waals surface area contributed by atoms with E-state index < -0.39 is 0 Å². The lowest BCUT2D eigenvalue weighted by molar-refractivity contribution is -0.123. The first-order chi connectivity index (χ1) is 8.90. The van der Waals surface area contributed by atoms with Crippen LogP contribution in [-0.4, -0.2) is 24.9 Å². The van der Waals surface area contributed by atoms with E-state index in [1.54, 1.807) is 12.1 Å². The first-order valence-corrected chi connectivity index (χ1v) is 7.50. The van der Waals surface area contributed by atoms with Gasteiger partial charge in [-0.1, -0.05) is 45.7 Å². The molecular weight excluding hydrogens is 376 g/mol. The predicted molar refractivity (Wildman–Crippen MR) is 82.0 cm³/mol. The van der Waals surface area contributed by atoms with Crippen LogP contribution in [0.1, 0.15) is 24.2 Å². The van der Waals surface area contributed by atoms with Gasteiger partial charge in [0.15, 0.2) is 0 Å². The fourth-order valence-electron chi connectivity index (χ4n) is 1.35. The van der Waals surface area contributed by atoms with E-state index in [4.69, 9.17) is 0 Å². The fraction of sp³-hybridized carbons (Fsp3) is 0.385. The van der Waals surface area contributed by atoms with Gasteiger partial charge < -0.3 is 10.6 Å². The van der Waals surface area contributed by atoms with Gasteiger partial charge in [-0.25, -0.2) is 0 Å². The number of halogens is 2. The summed E-state index contributed by atoms with van der Waals surface area (Å²) in [5.74, 6) is -0.225. The summed E-state index contributed by atoms with van der Waals surface area (Å²) in [6.07, 6.45) is 0. The van der Waals surface area contributed by atoms with Crippen LogP contribution in [0.5, 0.6) is 0 Å². The minimum Gasteiger partial charge on any atom is -0.354 e. The van der Waals surface area contributed by atoms with Crippen LogP contribution in [0.2, 0.25) is 0 Å². The van der Waals surface area contributed by atoms with Crippen molar-refractivity contribution in [2.75, 3.05) is 13.1 Å². The van der Waals surface area contributed by atoms with Gasteiger partial charge in [0.05, 0.1) is 0 Å². The first kappa shape index (κ1) is 16.2. The molecule has 0 saturated heterocycles. The first-order valence-electron chi connectivity index (χ1n) is 5.92. The molecule has 104 valence electrons. The van der Waals surface area contributed by atoms with E-state index in [0.717, 1.165) is 8.95 Å². The second kappa shape index (κ2) is 7.65. The quantitative estimate of drug-likeness (QED) is 0.758. The van der Waals surface area contributed by atoms with Crippen molar-refractivity contribution in [3.05, 3.63) is 32.7 Å². The third kappa shape index (κ3) is 5.74. The highest BCUT2D eigenvalue weighted by atomic mass is 79.9. The zero-order valence-electron chi connectivity index (χ0n) is 10.8. The van der Waals surface area contributed by atoms with E-state index in [0.29, 0.717) is 18.7 Å². The number of rotatable bonds is 5. The molecule has 0 radical (unpaired) electrons. The van der Waals surface area contributed by atoms with Crippen molar-refractivity contribution in [1.82, 2.24) is 10.6 Å². The van der Waals surface area contributed by atoms with Gasteiger partial charge in [-0.05, 0) is 18.2 Å². The lowest BCUT2D eigenvalue weighted by Crippen LogP contribution is -2.36. The number of nitrogens with one attached hydrogen (secondary N) is 2. The Kier molecular flexibility index (Phi) is 6.51. The molecule has 0 fully saturated rings. The van der Waals surface area contributed by atoms with Crippen molar-refractivity contribution in [2.45, 2.75) is 13.8 Å². The van der Waals surface area contributed by atoms with Gasteiger partial charge in [0.1, 0.15) is 0 Å². The molecule has 0 aromatic heterocycles. The average Bonchev–Trinajstić information content (AvgIpc) is 2.32. The molecule has 1 aromatic rings. The molecule has 0 bridgehead atoms. The summed E-state index contributed by atoms with van der Waals surface area (Å²) in [6, 6.07) is 5.35. The molecule has 1 aromatic carbocycles. The van der Waals surface area contributed by atoms with Gasteiger partial charge in [0.25, 0.3) is 5.91 Å². The van der Waals surface area contributed by atoms with Crippen molar-refractivity contribution < 1.29 is 9.59 Å². The third-order valence-corrected chi connectivity index (χ3v) is 3.27. The Labute approximate surface area is 129 Å². The SMILES string of the molecule is CC(C)C(=O)NCCNC(=O)c1cc(Br)cc(Br)c1. The minimum absolute atomic E-state index is 0.0144. The number of carbonyl (C=O) groups excluding carboxylic acids is 2. The molecule has 0 unspecified atom stereocenters. The highest BCUT2D eigenvalue weighted by Crippen LogP contribution is 2.19. The highest BCUT2D eigenvalue weighted by Gasteiger charge is 2.08. The molecule has 0 aliphatic rings. The second-order valence-corrected chi connectivity index (χ2v) is 6.19. The average molecular weight is 392 g/mol. The van der Waals surface area contributed by atoms with E-state index in [1.807, 2.05) is 19.9 Å². The zero-order chi connectivity index (χ0) is 14.4. The monoisotopic (exact) mass is 390 g/mol. The zero-order valence-corrected chi connectivity index (χ0v) is 14.0. The molecule has 19 heavy (non-hydrogen) atoms. The molecule has 1 rings (SSSR count). The molecular formula is C13H16Br2N2O2. The largest absolute Gasteiger partial charge is 0.354 e. The predicted octanol–water partition coefficient (Wildman–Crippen LogP) is 2.71. The van der Waals surface area contributed by atoms with E-state index in [1.165, 1.54) is 0 Å². The van der Waals surface area contributed by atoms with Crippen molar-refractivity contribution in [3.8, 4) is 0 Å². The van der Waals surface area contributed by atoms with Crippen LogP contribution < -0.4 is 10.6 Å². The van der Waals surface area contributed by atoms with Crippen molar-refractivity contribution in [2.24, 2.45) is 5.92 Å². The molecule has 0 heterocycles. The Bertz CT molecular complexity index is 455. The van der Waals surface area contributed by atoms with Gasteiger partial charge in [0, 0.05) is 33.5 Å². The van der Waals surface area contributed by atoms with Gasteiger partial charge in [0.2, 0.25) is 5.91 Å². The topological polar surface area (TPSA) is 58.2 Å². The minimum atomic E-state index is -0.166. The number of amides is 2. The van der Waals surface area contributed by atoms with Crippen molar-refractivity contribution >= 4 is 43.7 Å². The summed E-state index contributed by atoms with van der Waals surface area (Å²) in [6.45, 7) is 4.49. The van der Waals surface area contributed by atoms with Gasteiger partial charge in [-0.2, -0.15) is 0 Å². The number of hydrogen-bond acceptors (Lipinski definition) is 2. The number of carbonyl (C=O) groups is 2. The van der Waals surface area contributed by atoms with Crippen molar-refractivity contribution in [1.29, 1.82) is 0 Å². The summed E-state index contributed by atoms with van der Waals surface area (Å²) in [7, 11) is 0. The second-order valence-electron chi connectivity index (χ2n) is 4.36. The molecule has 0 aliphatic carbocycles. The molecule has 0 saturated carbocycles. The third-order valence-electron chi connectivity index (χ3n) is 2.36. The van der Waals surface area contributed by atoms with Crippen LogP contribution in [0.25, 0.3) is 0 Å². The van der Waals surface area contributed by atoms with E-state index in [-0.39, 0.29) is 17.7 Å². The van der Waals surface area contributed by atoms with Crippen LogP contribution in [0, 0.1) is 5.92 Å². The summed E-state index contributed by atoms with van der Waals surface area (Å²) in [4.78, 5) is 23.2. The van der Waals surface area contributed by atoms with E-state index in [2.05, 4.69) is 42.5 Å². The molecule has 4 nitrogen and oxygen atoms in total. The molecule has 6 heteroatoms. The highest BCUT2D eigenvalue weighted by molar-refractivity contribution is 9.11. The molecule has 0 spiro atoms. The maximum absolute atomic E-state index is 11.9. The van der Waals surface area contributed by atoms with Gasteiger partial charge in [-0.3, -0.25) is 9.59 Å². The standard InChI is InChI=1S/C13H16Br2N2O2/c1-8(2)12(18)16-3-4-17-13(19)9-5-10(14)7-11(15)6-9/h5-8H,3-4H2,1-2H3,(H,16,18)(H,17,19). The summed E-state index contributed by atoms with van der Waals surface area (Å²) in [5, 5.41) is 5.49. The number of benzene rings is 1. The lowest BCUT2D eigenvalue weighted by atomic mass is 10.2. The summed E-state index contributed by atoms with van der Waals surface area (Å²) in [5.41, 5.74) is 0.566. The number of hydrogen-bond donors (Lipinski definition) is 2. The Hall–Kier alpha value is -0.880. The molecule has 0 aliphatic heterocycles. The molecule has 2 N–H and O–H groups in total. The van der Waals surface area contributed by atoms with Crippen LogP contribution in [0.15, 0.2) is 27.1 Å². The summed E-state index contributed by atoms with van der Waals surface area (Å²) >= 11 is 6.66.